The maximum Gasteiger partial charge on any atom is 0.335 e. The second kappa shape index (κ2) is 8.04. The Hall–Kier alpha value is -2.74. The first-order valence-electron chi connectivity index (χ1n) is 6.81. The molecule has 2 rings (SSSR count). The molecule has 0 amide bonds. The Labute approximate surface area is 136 Å². The summed E-state index contributed by atoms with van der Waals surface area (Å²) >= 11 is 1.33. The summed E-state index contributed by atoms with van der Waals surface area (Å²) in [6, 6.07) is 6.32. The van der Waals surface area contributed by atoms with Crippen LogP contribution in [0.15, 0.2) is 34.7 Å². The number of aromatic carboxylic acids is 1. The standard InChI is InChI=1S/C15H15N3O4S/c1-2-22-13(19)7-12-9-23-15(17-12)18-16-8-10-3-5-11(6-4-10)14(20)21/h3-6,8-9H,2,7H2,1H3,(H,17,18)(H,20,21). The molecule has 0 aliphatic rings. The fourth-order valence-corrected chi connectivity index (χ4v) is 2.33. The van der Waals surface area contributed by atoms with Gasteiger partial charge < -0.3 is 9.84 Å². The van der Waals surface area contributed by atoms with Crippen LogP contribution in [-0.4, -0.2) is 34.9 Å². The zero-order valence-corrected chi connectivity index (χ0v) is 13.2. The van der Waals surface area contributed by atoms with Gasteiger partial charge in [-0.15, -0.1) is 11.3 Å². The van der Waals surface area contributed by atoms with E-state index in [0.29, 0.717) is 17.4 Å². The van der Waals surface area contributed by atoms with Gasteiger partial charge in [0.25, 0.3) is 0 Å². The molecule has 1 heterocycles. The number of hydrazone groups is 1. The van der Waals surface area contributed by atoms with Crippen LogP contribution in [0, 0.1) is 0 Å². The molecule has 0 saturated carbocycles. The summed E-state index contributed by atoms with van der Waals surface area (Å²) in [6.45, 7) is 2.10. The third-order valence-electron chi connectivity index (χ3n) is 2.71. The van der Waals surface area contributed by atoms with Crippen LogP contribution in [-0.2, 0) is 16.0 Å². The predicted octanol–water partition coefficient (Wildman–Crippen LogP) is 2.39. The van der Waals surface area contributed by atoms with Gasteiger partial charge in [-0.3, -0.25) is 10.2 Å². The summed E-state index contributed by atoms with van der Waals surface area (Å²) in [7, 11) is 0. The van der Waals surface area contributed by atoms with Crippen molar-refractivity contribution in [2.45, 2.75) is 13.3 Å². The molecule has 8 heteroatoms. The highest BCUT2D eigenvalue weighted by atomic mass is 32.1. The van der Waals surface area contributed by atoms with E-state index in [4.69, 9.17) is 9.84 Å². The lowest BCUT2D eigenvalue weighted by atomic mass is 10.1. The zero-order chi connectivity index (χ0) is 16.7. The first kappa shape index (κ1) is 16.6. The lowest BCUT2D eigenvalue weighted by molar-refractivity contribution is -0.142. The van der Waals surface area contributed by atoms with Crippen molar-refractivity contribution in [3.05, 3.63) is 46.5 Å². The molecule has 0 bridgehead atoms. The van der Waals surface area contributed by atoms with Crippen molar-refractivity contribution in [1.29, 1.82) is 0 Å². The van der Waals surface area contributed by atoms with Crippen LogP contribution in [0.1, 0.15) is 28.5 Å². The number of ether oxygens (including phenoxy) is 1. The Bertz CT molecular complexity index is 710. The van der Waals surface area contributed by atoms with Gasteiger partial charge in [-0.25, -0.2) is 9.78 Å². The minimum absolute atomic E-state index is 0.131. The molecule has 2 aromatic rings. The molecule has 0 radical (unpaired) electrons. The van der Waals surface area contributed by atoms with Gasteiger partial charge >= 0.3 is 11.9 Å². The van der Waals surface area contributed by atoms with Gasteiger partial charge in [0.1, 0.15) is 0 Å². The largest absolute Gasteiger partial charge is 0.478 e. The molecule has 1 aromatic heterocycles. The van der Waals surface area contributed by atoms with Crippen LogP contribution in [0.25, 0.3) is 0 Å². The third kappa shape index (κ3) is 5.19. The number of esters is 1. The van der Waals surface area contributed by atoms with E-state index < -0.39 is 5.97 Å². The Morgan fingerprint density at radius 1 is 1.39 bits per heavy atom. The summed E-state index contributed by atoms with van der Waals surface area (Å²) in [5.41, 5.74) is 4.36. The number of hydrogen-bond donors (Lipinski definition) is 2. The number of benzene rings is 1. The SMILES string of the molecule is CCOC(=O)Cc1csc(NN=Cc2ccc(C(=O)O)cc2)n1. The number of carboxylic acids is 1. The smallest absolute Gasteiger partial charge is 0.335 e. The highest BCUT2D eigenvalue weighted by molar-refractivity contribution is 7.13. The van der Waals surface area contributed by atoms with Crippen molar-refractivity contribution in [2.24, 2.45) is 5.10 Å². The maximum atomic E-state index is 11.3. The number of hydrogen-bond acceptors (Lipinski definition) is 7. The number of carboxylic acid groups (broad SMARTS) is 1. The summed E-state index contributed by atoms with van der Waals surface area (Å²) in [4.78, 5) is 26.3. The van der Waals surface area contributed by atoms with Crippen LogP contribution in [0.5, 0.6) is 0 Å². The summed E-state index contributed by atoms with van der Waals surface area (Å²) in [6.07, 6.45) is 1.68. The average Bonchev–Trinajstić information content (AvgIpc) is 2.95. The second-order valence-electron chi connectivity index (χ2n) is 4.42. The minimum Gasteiger partial charge on any atom is -0.478 e. The first-order valence-corrected chi connectivity index (χ1v) is 7.69. The van der Waals surface area contributed by atoms with E-state index in [2.05, 4.69) is 15.5 Å². The summed E-state index contributed by atoms with van der Waals surface area (Å²) in [5.74, 6) is -1.28. The van der Waals surface area contributed by atoms with E-state index in [1.54, 1.807) is 30.7 Å². The number of thiazole rings is 1. The van der Waals surface area contributed by atoms with Gasteiger partial charge in [-0.1, -0.05) is 12.1 Å². The molecule has 7 nitrogen and oxygen atoms in total. The Morgan fingerprint density at radius 2 is 2.13 bits per heavy atom. The van der Waals surface area contributed by atoms with Crippen LogP contribution in [0.4, 0.5) is 5.13 Å². The molecule has 0 spiro atoms. The fraction of sp³-hybridized carbons (Fsp3) is 0.200. The molecule has 0 unspecified atom stereocenters. The monoisotopic (exact) mass is 333 g/mol. The highest BCUT2D eigenvalue weighted by Crippen LogP contribution is 2.16. The van der Waals surface area contributed by atoms with E-state index >= 15 is 0 Å². The fourth-order valence-electron chi connectivity index (χ4n) is 1.67. The van der Waals surface area contributed by atoms with Gasteiger partial charge in [-0.2, -0.15) is 5.10 Å². The van der Waals surface area contributed by atoms with Crippen LogP contribution < -0.4 is 5.43 Å². The Morgan fingerprint density at radius 3 is 2.78 bits per heavy atom. The van der Waals surface area contributed by atoms with Gasteiger partial charge in [-0.05, 0) is 24.6 Å². The van der Waals surface area contributed by atoms with Crippen molar-refractivity contribution >= 4 is 34.6 Å². The molecule has 120 valence electrons. The van der Waals surface area contributed by atoms with Gasteiger partial charge in [0.15, 0.2) is 0 Å². The van der Waals surface area contributed by atoms with Crippen molar-refractivity contribution in [3.63, 3.8) is 0 Å². The van der Waals surface area contributed by atoms with Crippen LogP contribution in [0.2, 0.25) is 0 Å². The topological polar surface area (TPSA) is 101 Å². The van der Waals surface area contributed by atoms with E-state index in [1.165, 1.54) is 23.5 Å². The van der Waals surface area contributed by atoms with E-state index in [-0.39, 0.29) is 18.0 Å². The number of rotatable bonds is 7. The normalized spacial score (nSPS) is 10.7. The molecule has 23 heavy (non-hydrogen) atoms. The molecular weight excluding hydrogens is 318 g/mol. The van der Waals surface area contributed by atoms with Crippen molar-refractivity contribution < 1.29 is 19.4 Å². The van der Waals surface area contributed by atoms with Crippen LogP contribution in [0.3, 0.4) is 0 Å². The first-order chi connectivity index (χ1) is 11.1. The van der Waals surface area contributed by atoms with E-state index in [0.717, 1.165) is 5.56 Å². The Balaban J connectivity index is 1.89. The molecule has 0 saturated heterocycles. The molecule has 0 fully saturated rings. The Kier molecular flexibility index (Phi) is 5.81. The number of carbonyl (C=O) groups is 2. The molecular formula is C15H15N3O4S. The molecule has 0 atom stereocenters. The van der Waals surface area contributed by atoms with E-state index in [9.17, 15) is 9.59 Å². The van der Waals surface area contributed by atoms with Gasteiger partial charge in [0.05, 0.1) is 30.5 Å². The van der Waals surface area contributed by atoms with E-state index in [1.807, 2.05) is 0 Å². The van der Waals surface area contributed by atoms with Crippen molar-refractivity contribution in [1.82, 2.24) is 4.98 Å². The molecule has 1 aromatic carbocycles. The number of carbonyl (C=O) groups excluding carboxylic acids is 1. The van der Waals surface area contributed by atoms with Crippen molar-refractivity contribution in [2.75, 3.05) is 12.0 Å². The average molecular weight is 333 g/mol. The molecule has 0 aliphatic heterocycles. The number of anilines is 1. The quantitative estimate of drug-likeness (QED) is 0.458. The summed E-state index contributed by atoms with van der Waals surface area (Å²) in [5, 5.41) is 15.2. The van der Waals surface area contributed by atoms with Gasteiger partial charge in [0.2, 0.25) is 5.13 Å². The number of nitrogens with one attached hydrogen (secondary N) is 1. The highest BCUT2D eigenvalue weighted by Gasteiger charge is 2.07. The lowest BCUT2D eigenvalue weighted by Gasteiger charge is -1.98. The van der Waals surface area contributed by atoms with Gasteiger partial charge in [0, 0.05) is 5.38 Å². The zero-order valence-electron chi connectivity index (χ0n) is 12.4. The summed E-state index contributed by atoms with van der Waals surface area (Å²) < 4.78 is 4.85. The molecule has 0 aliphatic carbocycles. The van der Waals surface area contributed by atoms with Crippen molar-refractivity contribution in [3.8, 4) is 0 Å². The number of nitrogens with zero attached hydrogens (tertiary/aromatic N) is 2. The predicted molar refractivity (Wildman–Crippen MR) is 87.1 cm³/mol. The molecule has 2 N–H and O–H groups in total. The third-order valence-corrected chi connectivity index (χ3v) is 3.51. The second-order valence-corrected chi connectivity index (χ2v) is 5.28. The lowest BCUT2D eigenvalue weighted by Crippen LogP contribution is -2.07. The maximum absolute atomic E-state index is 11.3. The van der Waals surface area contributed by atoms with Crippen LogP contribution >= 0.6 is 11.3 Å². The number of aromatic nitrogens is 1. The minimum atomic E-state index is -0.969.